The van der Waals surface area contributed by atoms with Gasteiger partial charge in [0.15, 0.2) is 9.84 Å². The molecule has 0 saturated carbocycles. The van der Waals surface area contributed by atoms with Crippen LogP contribution < -0.4 is 5.32 Å². The Labute approximate surface area is 132 Å². The minimum absolute atomic E-state index is 0.228. The maximum absolute atomic E-state index is 11.8. The zero-order chi connectivity index (χ0) is 15.7. The van der Waals surface area contributed by atoms with Crippen molar-refractivity contribution in [2.75, 3.05) is 31.8 Å². The van der Waals surface area contributed by atoms with E-state index in [1.807, 2.05) is 12.1 Å². The molecule has 0 atom stereocenters. The first-order valence-corrected chi connectivity index (χ1v) is 9.79. The summed E-state index contributed by atoms with van der Waals surface area (Å²) in [4.78, 5) is 1.11. The largest absolute Gasteiger partial charge is 0.383 e. The Bertz CT molecular complexity index is 515. The van der Waals surface area contributed by atoms with Crippen molar-refractivity contribution in [1.82, 2.24) is 5.32 Å². The van der Waals surface area contributed by atoms with E-state index < -0.39 is 9.84 Å². The van der Waals surface area contributed by atoms with Crippen molar-refractivity contribution in [3.05, 3.63) is 29.8 Å². The molecule has 1 aromatic rings. The third-order valence-electron chi connectivity index (χ3n) is 3.07. The molecule has 120 valence electrons. The first kappa shape index (κ1) is 18.5. The van der Waals surface area contributed by atoms with Crippen molar-refractivity contribution < 1.29 is 13.2 Å². The molecule has 0 fully saturated rings. The predicted molar refractivity (Wildman–Crippen MR) is 89.7 cm³/mol. The lowest BCUT2D eigenvalue weighted by atomic mass is 10.2. The molecule has 0 spiro atoms. The highest BCUT2D eigenvalue weighted by molar-refractivity contribution is 8.00. The zero-order valence-corrected chi connectivity index (χ0v) is 14.6. The summed E-state index contributed by atoms with van der Waals surface area (Å²) in [5.74, 6) is 0.826. The van der Waals surface area contributed by atoms with Gasteiger partial charge in [-0.25, -0.2) is 8.42 Å². The lowest BCUT2D eigenvalue weighted by molar-refractivity contribution is 0.199. The van der Waals surface area contributed by atoms with Gasteiger partial charge in [0.1, 0.15) is 0 Å². The van der Waals surface area contributed by atoms with Crippen molar-refractivity contribution in [2.45, 2.75) is 30.5 Å². The van der Waals surface area contributed by atoms with Crippen molar-refractivity contribution in [3.63, 3.8) is 0 Å². The monoisotopic (exact) mass is 331 g/mol. The van der Waals surface area contributed by atoms with Gasteiger partial charge in [-0.05, 0) is 31.5 Å². The lowest BCUT2D eigenvalue weighted by Crippen LogP contribution is -2.19. The van der Waals surface area contributed by atoms with Gasteiger partial charge in [0.25, 0.3) is 0 Å². The molecule has 0 heterocycles. The predicted octanol–water partition coefficient (Wildman–Crippen LogP) is 2.34. The molecule has 1 N–H and O–H groups in total. The standard InChI is InChI=1S/C15H25NO3S2/c1-13(2)21(17,18)10-9-20-15-6-4-5-14(11-15)12-16-7-8-19-3/h4-6,11,13,16H,7-10,12H2,1-3H3. The van der Waals surface area contributed by atoms with Crippen LogP contribution in [0.15, 0.2) is 29.2 Å². The fourth-order valence-electron chi connectivity index (χ4n) is 1.66. The molecule has 0 aromatic heterocycles. The number of hydrogen-bond donors (Lipinski definition) is 1. The molecule has 1 aromatic carbocycles. The fraction of sp³-hybridized carbons (Fsp3) is 0.600. The Morgan fingerprint density at radius 3 is 2.76 bits per heavy atom. The molecule has 0 aliphatic heterocycles. The van der Waals surface area contributed by atoms with Gasteiger partial charge in [-0.2, -0.15) is 0 Å². The zero-order valence-electron chi connectivity index (χ0n) is 13.0. The lowest BCUT2D eigenvalue weighted by Gasteiger charge is -2.08. The molecule has 0 saturated heterocycles. The van der Waals surface area contributed by atoms with Crippen molar-refractivity contribution in [1.29, 1.82) is 0 Å². The van der Waals surface area contributed by atoms with Gasteiger partial charge in [0.2, 0.25) is 0 Å². The SMILES string of the molecule is COCCNCc1cccc(SCCS(=O)(=O)C(C)C)c1. The first-order chi connectivity index (χ1) is 9.95. The van der Waals surface area contributed by atoms with Gasteiger partial charge >= 0.3 is 0 Å². The summed E-state index contributed by atoms with van der Waals surface area (Å²) < 4.78 is 28.5. The van der Waals surface area contributed by atoms with Crippen LogP contribution in [0.5, 0.6) is 0 Å². The number of thioether (sulfide) groups is 1. The molecular formula is C15H25NO3S2. The van der Waals surface area contributed by atoms with E-state index in [4.69, 9.17) is 4.74 Å². The molecule has 0 amide bonds. The summed E-state index contributed by atoms with van der Waals surface area (Å²) in [6, 6.07) is 8.19. The van der Waals surface area contributed by atoms with Crippen LogP contribution in [0.1, 0.15) is 19.4 Å². The fourth-order valence-corrected chi connectivity index (χ4v) is 4.04. The van der Waals surface area contributed by atoms with Crippen molar-refractivity contribution in [2.24, 2.45) is 0 Å². The van der Waals surface area contributed by atoms with Gasteiger partial charge in [0, 0.05) is 30.8 Å². The van der Waals surface area contributed by atoms with Gasteiger partial charge in [0.05, 0.1) is 17.6 Å². The Morgan fingerprint density at radius 2 is 2.10 bits per heavy atom. The maximum Gasteiger partial charge on any atom is 0.153 e. The normalized spacial score (nSPS) is 12.0. The Hall–Kier alpha value is -0.560. The number of methoxy groups -OCH3 is 1. The second-order valence-electron chi connectivity index (χ2n) is 5.08. The van der Waals surface area contributed by atoms with Crippen LogP contribution >= 0.6 is 11.8 Å². The average Bonchev–Trinajstić information content (AvgIpc) is 2.44. The second-order valence-corrected chi connectivity index (χ2v) is 8.93. The van der Waals surface area contributed by atoms with Gasteiger partial charge < -0.3 is 10.1 Å². The average molecular weight is 332 g/mol. The van der Waals surface area contributed by atoms with Crippen LogP contribution in [0.4, 0.5) is 0 Å². The summed E-state index contributed by atoms with van der Waals surface area (Å²) in [5.41, 5.74) is 1.20. The highest BCUT2D eigenvalue weighted by atomic mass is 32.2. The van der Waals surface area contributed by atoms with Gasteiger partial charge in [-0.3, -0.25) is 0 Å². The van der Waals surface area contributed by atoms with Crippen LogP contribution in [-0.4, -0.2) is 45.4 Å². The number of nitrogens with one attached hydrogen (secondary N) is 1. The Balaban J connectivity index is 2.42. The summed E-state index contributed by atoms with van der Waals surface area (Å²) in [7, 11) is -1.26. The molecule has 0 radical (unpaired) electrons. The van der Waals surface area contributed by atoms with E-state index in [1.54, 1.807) is 32.7 Å². The quantitative estimate of drug-likeness (QED) is 0.527. The van der Waals surface area contributed by atoms with Crippen LogP contribution in [-0.2, 0) is 21.1 Å². The van der Waals surface area contributed by atoms with E-state index in [2.05, 4.69) is 17.4 Å². The number of hydrogen-bond acceptors (Lipinski definition) is 5. The third kappa shape index (κ3) is 7.31. The number of benzene rings is 1. The van der Waals surface area contributed by atoms with E-state index in [1.165, 1.54) is 5.56 Å². The van der Waals surface area contributed by atoms with Crippen molar-refractivity contribution in [3.8, 4) is 0 Å². The van der Waals surface area contributed by atoms with E-state index in [-0.39, 0.29) is 11.0 Å². The summed E-state index contributed by atoms with van der Waals surface area (Å²) >= 11 is 1.59. The number of sulfone groups is 1. The molecule has 6 heteroatoms. The summed E-state index contributed by atoms with van der Waals surface area (Å²) in [6.45, 7) is 5.77. The molecule has 1 rings (SSSR count). The molecule has 21 heavy (non-hydrogen) atoms. The van der Waals surface area contributed by atoms with Crippen LogP contribution in [0.2, 0.25) is 0 Å². The van der Waals surface area contributed by atoms with Crippen LogP contribution in [0.3, 0.4) is 0 Å². The second kappa shape index (κ2) is 9.46. The number of rotatable bonds is 10. The molecule has 4 nitrogen and oxygen atoms in total. The minimum atomic E-state index is -2.95. The molecule has 0 aliphatic rings. The topological polar surface area (TPSA) is 55.4 Å². The van der Waals surface area contributed by atoms with Gasteiger partial charge in [-0.1, -0.05) is 12.1 Å². The Kier molecular flexibility index (Phi) is 8.33. The van der Waals surface area contributed by atoms with E-state index in [9.17, 15) is 8.42 Å². The highest BCUT2D eigenvalue weighted by Crippen LogP contribution is 2.20. The summed E-state index contributed by atoms with van der Waals surface area (Å²) in [5, 5.41) is 3.00. The molecule has 0 bridgehead atoms. The van der Waals surface area contributed by atoms with Crippen LogP contribution in [0.25, 0.3) is 0 Å². The van der Waals surface area contributed by atoms with E-state index in [0.717, 1.165) is 18.0 Å². The Morgan fingerprint density at radius 1 is 1.33 bits per heavy atom. The van der Waals surface area contributed by atoms with E-state index in [0.29, 0.717) is 12.4 Å². The highest BCUT2D eigenvalue weighted by Gasteiger charge is 2.15. The maximum atomic E-state index is 11.8. The summed E-state index contributed by atoms with van der Waals surface area (Å²) in [6.07, 6.45) is 0. The number of ether oxygens (including phenoxy) is 1. The van der Waals surface area contributed by atoms with Crippen LogP contribution in [0, 0.1) is 0 Å². The molecule has 0 aliphatic carbocycles. The smallest absolute Gasteiger partial charge is 0.153 e. The van der Waals surface area contributed by atoms with Gasteiger partial charge in [-0.15, -0.1) is 11.8 Å². The minimum Gasteiger partial charge on any atom is -0.383 e. The third-order valence-corrected chi connectivity index (χ3v) is 6.53. The first-order valence-electron chi connectivity index (χ1n) is 7.08. The molecular weight excluding hydrogens is 306 g/mol. The van der Waals surface area contributed by atoms with E-state index >= 15 is 0 Å². The van der Waals surface area contributed by atoms with Crippen molar-refractivity contribution >= 4 is 21.6 Å². The molecule has 0 unspecified atom stereocenters.